The minimum atomic E-state index is -1.48. The summed E-state index contributed by atoms with van der Waals surface area (Å²) in [5.41, 5.74) is 0.591. The highest BCUT2D eigenvalue weighted by Gasteiger charge is 2.46. The average molecular weight is 399 g/mol. The van der Waals surface area contributed by atoms with E-state index in [-0.39, 0.29) is 6.54 Å². The van der Waals surface area contributed by atoms with E-state index in [2.05, 4.69) is 5.32 Å². The molecule has 1 aromatic carbocycles. The molecule has 1 saturated heterocycles. The van der Waals surface area contributed by atoms with Crippen LogP contribution in [0, 0.1) is 0 Å². The SMILES string of the molecule is CC(=O)Oc1ccccc1CN[C@H]1C(O)O[C@H](CO)[C@@H](O)[C@@H]1O[C@H](C)C(=O)O. The van der Waals surface area contributed by atoms with Crippen LogP contribution in [0.4, 0.5) is 0 Å². The minimum Gasteiger partial charge on any atom is -0.479 e. The molecule has 1 heterocycles. The van der Waals surface area contributed by atoms with Gasteiger partial charge in [0, 0.05) is 19.0 Å². The van der Waals surface area contributed by atoms with Gasteiger partial charge in [-0.1, -0.05) is 18.2 Å². The molecular weight excluding hydrogens is 374 g/mol. The Bertz CT molecular complexity index is 683. The van der Waals surface area contributed by atoms with Gasteiger partial charge in [0.1, 0.15) is 24.1 Å². The summed E-state index contributed by atoms with van der Waals surface area (Å²) < 4.78 is 15.7. The first-order chi connectivity index (χ1) is 13.2. The molecule has 0 amide bonds. The fraction of sp³-hybridized carbons (Fsp3) is 0.556. The number of hydrogen-bond donors (Lipinski definition) is 5. The van der Waals surface area contributed by atoms with Crippen molar-refractivity contribution in [2.45, 2.75) is 57.1 Å². The Hall–Kier alpha value is -2.08. The normalized spacial score (nSPS) is 28.5. The number of carboxylic acid groups (broad SMARTS) is 1. The molecule has 156 valence electrons. The van der Waals surface area contributed by atoms with Gasteiger partial charge >= 0.3 is 11.9 Å². The number of aliphatic hydroxyl groups is 3. The zero-order valence-corrected chi connectivity index (χ0v) is 15.5. The minimum absolute atomic E-state index is 0.104. The lowest BCUT2D eigenvalue weighted by molar-refractivity contribution is -0.268. The van der Waals surface area contributed by atoms with Gasteiger partial charge in [-0.3, -0.25) is 4.79 Å². The zero-order chi connectivity index (χ0) is 20.8. The molecule has 1 aromatic rings. The van der Waals surface area contributed by atoms with E-state index in [1.807, 2.05) is 0 Å². The topological polar surface area (TPSA) is 155 Å². The van der Waals surface area contributed by atoms with Crippen molar-refractivity contribution >= 4 is 11.9 Å². The average Bonchev–Trinajstić information content (AvgIpc) is 2.64. The molecule has 1 fully saturated rings. The fourth-order valence-corrected chi connectivity index (χ4v) is 2.89. The summed E-state index contributed by atoms with van der Waals surface area (Å²) >= 11 is 0. The number of carboxylic acids is 1. The number of esters is 1. The van der Waals surface area contributed by atoms with Crippen molar-refractivity contribution in [1.82, 2.24) is 5.32 Å². The molecule has 1 unspecified atom stereocenters. The van der Waals surface area contributed by atoms with Crippen LogP contribution in [-0.4, -0.2) is 75.7 Å². The summed E-state index contributed by atoms with van der Waals surface area (Å²) in [6, 6.07) is 5.71. The van der Waals surface area contributed by atoms with E-state index < -0.39 is 55.3 Å². The smallest absolute Gasteiger partial charge is 0.332 e. The Balaban J connectivity index is 2.18. The molecule has 0 aromatic heterocycles. The van der Waals surface area contributed by atoms with Crippen molar-refractivity contribution in [3.05, 3.63) is 29.8 Å². The van der Waals surface area contributed by atoms with Crippen LogP contribution in [0.25, 0.3) is 0 Å². The van der Waals surface area contributed by atoms with Crippen LogP contribution in [0.3, 0.4) is 0 Å². The molecule has 0 radical (unpaired) electrons. The number of ether oxygens (including phenoxy) is 3. The van der Waals surface area contributed by atoms with Crippen LogP contribution in [0.5, 0.6) is 5.75 Å². The van der Waals surface area contributed by atoms with Gasteiger partial charge in [0.15, 0.2) is 12.4 Å². The third-order valence-corrected chi connectivity index (χ3v) is 4.34. The number of rotatable bonds is 8. The maximum Gasteiger partial charge on any atom is 0.332 e. The fourth-order valence-electron chi connectivity index (χ4n) is 2.89. The first kappa shape index (κ1) is 22.2. The summed E-state index contributed by atoms with van der Waals surface area (Å²) in [4.78, 5) is 22.4. The Kier molecular flexibility index (Phi) is 7.87. The van der Waals surface area contributed by atoms with E-state index >= 15 is 0 Å². The Morgan fingerprint density at radius 1 is 1.29 bits per heavy atom. The lowest BCUT2D eigenvalue weighted by Gasteiger charge is -2.43. The van der Waals surface area contributed by atoms with Crippen LogP contribution in [-0.2, 0) is 25.6 Å². The van der Waals surface area contributed by atoms with Crippen LogP contribution in [0.15, 0.2) is 24.3 Å². The van der Waals surface area contributed by atoms with Gasteiger partial charge < -0.3 is 40.0 Å². The number of benzene rings is 1. The third kappa shape index (κ3) is 5.47. The second-order valence-corrected chi connectivity index (χ2v) is 6.43. The van der Waals surface area contributed by atoms with Crippen LogP contribution in [0.2, 0.25) is 0 Å². The van der Waals surface area contributed by atoms with Crippen molar-refractivity contribution in [2.24, 2.45) is 0 Å². The highest BCUT2D eigenvalue weighted by molar-refractivity contribution is 5.71. The van der Waals surface area contributed by atoms with E-state index in [0.29, 0.717) is 11.3 Å². The van der Waals surface area contributed by atoms with E-state index in [0.717, 1.165) is 0 Å². The maximum atomic E-state index is 11.2. The van der Waals surface area contributed by atoms with Gasteiger partial charge in [0.2, 0.25) is 0 Å². The summed E-state index contributed by atoms with van der Waals surface area (Å²) in [6.45, 7) is 2.08. The quantitative estimate of drug-likeness (QED) is 0.271. The highest BCUT2D eigenvalue weighted by atomic mass is 16.6. The maximum absolute atomic E-state index is 11.2. The molecule has 1 aliphatic heterocycles. The van der Waals surface area contributed by atoms with Gasteiger partial charge in [-0.15, -0.1) is 0 Å². The molecule has 0 bridgehead atoms. The third-order valence-electron chi connectivity index (χ3n) is 4.34. The second kappa shape index (κ2) is 9.92. The molecule has 0 aliphatic carbocycles. The second-order valence-electron chi connectivity index (χ2n) is 6.43. The number of nitrogens with one attached hydrogen (secondary N) is 1. The van der Waals surface area contributed by atoms with E-state index in [9.17, 15) is 24.9 Å². The number of para-hydroxylation sites is 1. The lowest BCUT2D eigenvalue weighted by atomic mass is 9.96. The summed E-state index contributed by atoms with van der Waals surface area (Å²) in [5.74, 6) is -1.42. The Morgan fingerprint density at radius 2 is 1.96 bits per heavy atom. The van der Waals surface area contributed by atoms with E-state index in [4.69, 9.17) is 19.3 Å². The van der Waals surface area contributed by atoms with Gasteiger partial charge in [-0.2, -0.15) is 0 Å². The molecule has 10 heteroatoms. The predicted molar refractivity (Wildman–Crippen MR) is 94.3 cm³/mol. The van der Waals surface area contributed by atoms with Gasteiger partial charge in [-0.05, 0) is 13.0 Å². The first-order valence-electron chi connectivity index (χ1n) is 8.75. The van der Waals surface area contributed by atoms with Crippen molar-refractivity contribution in [2.75, 3.05) is 6.61 Å². The zero-order valence-electron chi connectivity index (χ0n) is 15.5. The van der Waals surface area contributed by atoms with Crippen molar-refractivity contribution in [3.63, 3.8) is 0 Å². The Labute approximate surface area is 161 Å². The standard InChI is InChI=1S/C18H25NO9/c1-9(17(23)24)26-16-14(18(25)28-13(8-20)15(16)22)19-7-11-5-3-4-6-12(11)27-10(2)21/h3-6,9,13-16,18-20,22,25H,7-8H2,1-2H3,(H,23,24)/t9-,13-,14-,15-,16-,18?/m1/s1. The molecule has 6 atom stereocenters. The van der Waals surface area contributed by atoms with Gasteiger partial charge in [-0.25, -0.2) is 4.79 Å². The number of hydrogen-bond acceptors (Lipinski definition) is 9. The summed E-state index contributed by atoms with van der Waals surface area (Å²) in [5, 5.41) is 42.0. The van der Waals surface area contributed by atoms with Crippen LogP contribution in [0.1, 0.15) is 19.4 Å². The number of aliphatic hydroxyl groups excluding tert-OH is 3. The molecule has 10 nitrogen and oxygen atoms in total. The van der Waals surface area contributed by atoms with Crippen LogP contribution >= 0.6 is 0 Å². The molecule has 2 rings (SSSR count). The van der Waals surface area contributed by atoms with Gasteiger partial charge in [0.25, 0.3) is 0 Å². The molecule has 5 N–H and O–H groups in total. The Morgan fingerprint density at radius 3 is 2.57 bits per heavy atom. The number of carbonyl (C=O) groups excluding carboxylic acids is 1. The molecule has 28 heavy (non-hydrogen) atoms. The van der Waals surface area contributed by atoms with Crippen molar-refractivity contribution in [3.8, 4) is 5.75 Å². The highest BCUT2D eigenvalue weighted by Crippen LogP contribution is 2.25. The molecular formula is C18H25NO9. The summed E-state index contributed by atoms with van der Waals surface area (Å²) in [6.07, 6.45) is -6.42. The van der Waals surface area contributed by atoms with E-state index in [1.165, 1.54) is 13.8 Å². The predicted octanol–water partition coefficient (Wildman–Crippen LogP) is -1.00. The largest absolute Gasteiger partial charge is 0.479 e. The summed E-state index contributed by atoms with van der Waals surface area (Å²) in [7, 11) is 0. The first-order valence-corrected chi connectivity index (χ1v) is 8.75. The molecule has 0 spiro atoms. The molecule has 0 saturated carbocycles. The molecule has 1 aliphatic rings. The van der Waals surface area contributed by atoms with Crippen LogP contribution < -0.4 is 10.1 Å². The number of carbonyl (C=O) groups is 2. The van der Waals surface area contributed by atoms with Gasteiger partial charge in [0.05, 0.1) is 12.6 Å². The lowest BCUT2D eigenvalue weighted by Crippen LogP contribution is -2.64. The monoisotopic (exact) mass is 399 g/mol. The van der Waals surface area contributed by atoms with E-state index in [1.54, 1.807) is 24.3 Å². The van der Waals surface area contributed by atoms with Crippen molar-refractivity contribution < 1.29 is 44.2 Å². The number of aliphatic carboxylic acids is 1. The van der Waals surface area contributed by atoms with Crippen molar-refractivity contribution in [1.29, 1.82) is 0 Å².